The molecule has 0 spiro atoms. The lowest BCUT2D eigenvalue weighted by Crippen LogP contribution is -2.27. The molecule has 0 amide bonds. The highest BCUT2D eigenvalue weighted by Gasteiger charge is 2.31. The maximum Gasteiger partial charge on any atom is 0.263 e. The normalized spacial score (nSPS) is 25.1. The van der Waals surface area contributed by atoms with Crippen LogP contribution in [0.2, 0.25) is 0 Å². The third kappa shape index (κ3) is 1.75. The summed E-state index contributed by atoms with van der Waals surface area (Å²) in [6, 6.07) is 0. The van der Waals surface area contributed by atoms with Gasteiger partial charge in [-0.3, -0.25) is 9.36 Å². The van der Waals surface area contributed by atoms with Crippen molar-refractivity contribution in [1.82, 2.24) is 14.5 Å². The Morgan fingerprint density at radius 2 is 2.05 bits per heavy atom. The van der Waals surface area contributed by atoms with Crippen LogP contribution < -0.4 is 5.56 Å². The fourth-order valence-electron chi connectivity index (χ4n) is 3.37. The van der Waals surface area contributed by atoms with E-state index in [0.29, 0.717) is 17.4 Å². The van der Waals surface area contributed by atoms with E-state index in [0.717, 1.165) is 17.4 Å². The second kappa shape index (κ2) is 4.27. The smallest absolute Gasteiger partial charge is 0.263 e. The van der Waals surface area contributed by atoms with E-state index in [1.807, 2.05) is 9.95 Å². The van der Waals surface area contributed by atoms with Crippen molar-refractivity contribution in [3.63, 3.8) is 0 Å². The Balaban J connectivity index is 1.90. The van der Waals surface area contributed by atoms with Gasteiger partial charge in [-0.2, -0.15) is 0 Å². The van der Waals surface area contributed by atoms with Crippen molar-refractivity contribution in [3.05, 3.63) is 34.0 Å². The Hall–Kier alpha value is -1.49. The molecule has 19 heavy (non-hydrogen) atoms. The van der Waals surface area contributed by atoms with Crippen LogP contribution >= 0.6 is 11.3 Å². The Bertz CT molecular complexity index is 654. The van der Waals surface area contributed by atoms with Gasteiger partial charge in [-0.25, -0.2) is 9.97 Å². The number of hydrogen-bond donors (Lipinski definition) is 0. The molecule has 2 aromatic rings. The summed E-state index contributed by atoms with van der Waals surface area (Å²) < 4.78 is 1.92. The van der Waals surface area contributed by atoms with Gasteiger partial charge in [-0.1, -0.05) is 0 Å². The molecule has 2 bridgehead atoms. The van der Waals surface area contributed by atoms with Gasteiger partial charge in [0.05, 0.1) is 5.56 Å². The molecule has 0 saturated heterocycles. The third-order valence-electron chi connectivity index (χ3n) is 4.39. The monoisotopic (exact) mass is 273 g/mol. The van der Waals surface area contributed by atoms with Crippen LogP contribution in [0.1, 0.15) is 37.4 Å². The molecular weight excluding hydrogens is 258 g/mol. The molecule has 2 aliphatic heterocycles. The first-order valence-corrected chi connectivity index (χ1v) is 7.70. The van der Waals surface area contributed by atoms with Crippen LogP contribution in [0.3, 0.4) is 0 Å². The van der Waals surface area contributed by atoms with E-state index >= 15 is 0 Å². The summed E-state index contributed by atoms with van der Waals surface area (Å²) in [6.07, 6.45) is 8.31. The Labute approximate surface area is 115 Å². The summed E-state index contributed by atoms with van der Waals surface area (Å²) >= 11 is 1.50. The molecule has 5 rings (SSSR count). The van der Waals surface area contributed by atoms with Crippen LogP contribution in [-0.2, 0) is 6.54 Å². The topological polar surface area (TPSA) is 47.8 Å². The minimum Gasteiger partial charge on any atom is -0.296 e. The second-order valence-electron chi connectivity index (χ2n) is 5.50. The van der Waals surface area contributed by atoms with Crippen molar-refractivity contribution in [1.29, 1.82) is 0 Å². The van der Waals surface area contributed by atoms with Gasteiger partial charge in [-0.05, 0) is 31.6 Å². The molecule has 1 fully saturated rings. The Morgan fingerprint density at radius 3 is 2.79 bits per heavy atom. The van der Waals surface area contributed by atoms with Gasteiger partial charge < -0.3 is 0 Å². The summed E-state index contributed by atoms with van der Waals surface area (Å²) in [4.78, 5) is 21.5. The predicted molar refractivity (Wildman–Crippen MR) is 74.3 cm³/mol. The first-order valence-electron chi connectivity index (χ1n) is 6.82. The molecule has 0 radical (unpaired) electrons. The first-order chi connectivity index (χ1) is 9.33. The minimum atomic E-state index is 0.0961. The van der Waals surface area contributed by atoms with Crippen molar-refractivity contribution in [2.45, 2.75) is 38.1 Å². The van der Waals surface area contributed by atoms with Crippen LogP contribution in [0.4, 0.5) is 0 Å². The lowest BCUT2D eigenvalue weighted by Gasteiger charge is -2.21. The third-order valence-corrected chi connectivity index (χ3v) is 5.20. The van der Waals surface area contributed by atoms with Crippen molar-refractivity contribution in [3.8, 4) is 10.6 Å². The molecule has 1 aliphatic carbocycles. The summed E-state index contributed by atoms with van der Waals surface area (Å²) in [5.41, 5.74) is 0.749. The standard InChI is InChI=1S/C14H15N3OS/c18-14-11(13-15-5-6-19-13)7-16-12-10-3-1-9(2-4-10)8-17(12)14/h5-7,9-10H,1-4,8H2. The Morgan fingerprint density at radius 1 is 1.21 bits per heavy atom. The van der Waals surface area contributed by atoms with Gasteiger partial charge in [0, 0.05) is 30.2 Å². The number of hydrogen-bond acceptors (Lipinski definition) is 4. The summed E-state index contributed by atoms with van der Waals surface area (Å²) in [5, 5.41) is 2.68. The van der Waals surface area contributed by atoms with E-state index in [4.69, 9.17) is 0 Å². The van der Waals surface area contributed by atoms with Crippen molar-refractivity contribution >= 4 is 11.3 Å². The number of thiazole rings is 1. The number of rotatable bonds is 1. The SMILES string of the molecule is O=c1c(-c2nccs2)cnc2n1CC1CCC2CC1. The van der Waals surface area contributed by atoms with E-state index in [1.54, 1.807) is 12.4 Å². The molecule has 1 saturated carbocycles. The minimum absolute atomic E-state index is 0.0961. The average molecular weight is 273 g/mol. The van der Waals surface area contributed by atoms with Gasteiger partial charge in [-0.15, -0.1) is 11.3 Å². The Kier molecular flexibility index (Phi) is 2.55. The highest BCUT2D eigenvalue weighted by atomic mass is 32.1. The van der Waals surface area contributed by atoms with Crippen LogP contribution in [0.25, 0.3) is 10.6 Å². The fourth-order valence-corrected chi connectivity index (χ4v) is 4.01. The van der Waals surface area contributed by atoms with E-state index in [2.05, 4.69) is 9.97 Å². The van der Waals surface area contributed by atoms with Gasteiger partial charge in [0.2, 0.25) is 0 Å². The quantitative estimate of drug-likeness (QED) is 0.802. The van der Waals surface area contributed by atoms with Crippen LogP contribution in [0.5, 0.6) is 0 Å². The van der Waals surface area contributed by atoms with Crippen LogP contribution in [-0.4, -0.2) is 14.5 Å². The molecule has 2 aromatic heterocycles. The van der Waals surface area contributed by atoms with E-state index in [9.17, 15) is 4.79 Å². The zero-order valence-corrected chi connectivity index (χ0v) is 11.4. The number of aromatic nitrogens is 3. The van der Waals surface area contributed by atoms with Crippen molar-refractivity contribution < 1.29 is 0 Å². The highest BCUT2D eigenvalue weighted by molar-refractivity contribution is 7.13. The molecule has 0 unspecified atom stereocenters. The van der Waals surface area contributed by atoms with Crippen molar-refractivity contribution in [2.75, 3.05) is 0 Å². The van der Waals surface area contributed by atoms with E-state index in [-0.39, 0.29) is 5.56 Å². The average Bonchev–Trinajstić information content (AvgIpc) is 2.83. The molecule has 4 nitrogen and oxygen atoms in total. The van der Waals surface area contributed by atoms with Crippen LogP contribution in [0.15, 0.2) is 22.6 Å². The fraction of sp³-hybridized carbons (Fsp3) is 0.500. The molecule has 4 heterocycles. The molecule has 0 atom stereocenters. The summed E-state index contributed by atoms with van der Waals surface area (Å²) in [6.45, 7) is 0.844. The molecule has 0 N–H and O–H groups in total. The highest BCUT2D eigenvalue weighted by Crippen LogP contribution is 2.39. The summed E-state index contributed by atoms with van der Waals surface area (Å²) in [5.74, 6) is 2.14. The number of fused-ring (bicyclic) bond motifs is 2. The summed E-state index contributed by atoms with van der Waals surface area (Å²) in [7, 11) is 0. The maximum absolute atomic E-state index is 12.7. The van der Waals surface area contributed by atoms with Crippen molar-refractivity contribution in [2.24, 2.45) is 5.92 Å². The van der Waals surface area contributed by atoms with Gasteiger partial charge in [0.1, 0.15) is 10.8 Å². The molecule has 0 aromatic carbocycles. The zero-order chi connectivity index (χ0) is 12.8. The first kappa shape index (κ1) is 11.3. The van der Waals surface area contributed by atoms with E-state index in [1.165, 1.54) is 37.0 Å². The predicted octanol–water partition coefficient (Wildman–Crippen LogP) is 2.65. The largest absolute Gasteiger partial charge is 0.296 e. The van der Waals surface area contributed by atoms with Gasteiger partial charge in [0.25, 0.3) is 5.56 Å². The number of nitrogens with zero attached hydrogens (tertiary/aromatic N) is 3. The van der Waals surface area contributed by atoms with Crippen LogP contribution in [0, 0.1) is 5.92 Å². The molecular formula is C14H15N3OS. The molecule has 5 heteroatoms. The van der Waals surface area contributed by atoms with E-state index < -0.39 is 0 Å². The zero-order valence-electron chi connectivity index (χ0n) is 10.6. The van der Waals surface area contributed by atoms with Gasteiger partial charge >= 0.3 is 0 Å². The van der Waals surface area contributed by atoms with Gasteiger partial charge in [0.15, 0.2) is 0 Å². The lowest BCUT2D eigenvalue weighted by molar-refractivity contribution is 0.330. The molecule has 3 aliphatic rings. The lowest BCUT2D eigenvalue weighted by atomic mass is 9.83. The molecule has 98 valence electrons. The second-order valence-corrected chi connectivity index (χ2v) is 6.40. The maximum atomic E-state index is 12.7.